The molecule has 0 unspecified atom stereocenters. The van der Waals surface area contributed by atoms with Gasteiger partial charge in [0.1, 0.15) is 5.82 Å². The van der Waals surface area contributed by atoms with E-state index in [0.29, 0.717) is 6.42 Å². The first kappa shape index (κ1) is 16.0. The topological polar surface area (TPSA) is 83.5 Å². The number of carbonyl (C=O) groups is 1. The van der Waals surface area contributed by atoms with E-state index >= 15 is 0 Å². The average Bonchev–Trinajstić information content (AvgIpc) is 2.47. The summed E-state index contributed by atoms with van der Waals surface area (Å²) in [6.07, 6.45) is 0.630. The molecule has 0 bridgehead atoms. The SMILES string of the molecule is CCc1ccc(NS(=O)(=O)c2ccc(F)cc2)c(C(=O)O)c1. The molecular formula is C15H14FNO4S. The highest BCUT2D eigenvalue weighted by molar-refractivity contribution is 7.92. The number of benzene rings is 2. The predicted octanol–water partition coefficient (Wildman–Crippen LogP) is 2.89. The van der Waals surface area contributed by atoms with Crippen LogP contribution in [-0.2, 0) is 16.4 Å². The van der Waals surface area contributed by atoms with Crippen molar-refractivity contribution in [2.45, 2.75) is 18.2 Å². The van der Waals surface area contributed by atoms with Gasteiger partial charge in [0.2, 0.25) is 0 Å². The Bertz CT molecular complexity index is 801. The molecule has 116 valence electrons. The van der Waals surface area contributed by atoms with E-state index in [2.05, 4.69) is 4.72 Å². The largest absolute Gasteiger partial charge is 0.478 e. The molecule has 2 aromatic rings. The van der Waals surface area contributed by atoms with Gasteiger partial charge in [0.15, 0.2) is 0 Å². The van der Waals surface area contributed by atoms with E-state index in [1.165, 1.54) is 12.1 Å². The Kier molecular flexibility index (Phi) is 4.46. The molecule has 7 heteroatoms. The molecule has 0 aliphatic carbocycles. The lowest BCUT2D eigenvalue weighted by molar-refractivity contribution is 0.0698. The number of rotatable bonds is 5. The van der Waals surface area contributed by atoms with Crippen LogP contribution in [0.3, 0.4) is 0 Å². The lowest BCUT2D eigenvalue weighted by Crippen LogP contribution is -2.15. The van der Waals surface area contributed by atoms with Gasteiger partial charge in [-0.05, 0) is 48.4 Å². The fraction of sp³-hybridized carbons (Fsp3) is 0.133. The third kappa shape index (κ3) is 3.43. The standard InChI is InChI=1S/C15H14FNO4S/c1-2-10-3-8-14(13(9-10)15(18)19)17-22(20,21)12-6-4-11(16)5-7-12/h3-9,17H,2H2,1H3,(H,18,19). The van der Waals surface area contributed by atoms with Crippen molar-refractivity contribution in [3.63, 3.8) is 0 Å². The Hall–Kier alpha value is -2.41. The summed E-state index contributed by atoms with van der Waals surface area (Å²) in [6.45, 7) is 1.86. The summed E-state index contributed by atoms with van der Waals surface area (Å²) >= 11 is 0. The Balaban J connectivity index is 2.41. The van der Waals surface area contributed by atoms with Gasteiger partial charge in [-0.3, -0.25) is 4.72 Å². The zero-order valence-electron chi connectivity index (χ0n) is 11.7. The Morgan fingerprint density at radius 3 is 2.36 bits per heavy atom. The van der Waals surface area contributed by atoms with E-state index in [-0.39, 0.29) is 16.1 Å². The zero-order chi connectivity index (χ0) is 16.3. The molecule has 0 aliphatic rings. The second-order valence-corrected chi connectivity index (χ2v) is 6.28. The van der Waals surface area contributed by atoms with Crippen LogP contribution >= 0.6 is 0 Å². The minimum atomic E-state index is -3.99. The summed E-state index contributed by atoms with van der Waals surface area (Å²) in [5, 5.41) is 9.21. The van der Waals surface area contributed by atoms with Crippen LogP contribution in [-0.4, -0.2) is 19.5 Å². The normalized spacial score (nSPS) is 11.2. The molecule has 0 saturated heterocycles. The number of hydrogen-bond acceptors (Lipinski definition) is 3. The molecule has 2 N–H and O–H groups in total. The second kappa shape index (κ2) is 6.15. The van der Waals surface area contributed by atoms with Crippen LogP contribution < -0.4 is 4.72 Å². The molecule has 0 saturated carbocycles. The summed E-state index contributed by atoms with van der Waals surface area (Å²) in [5.74, 6) is -1.79. The number of carboxylic acid groups (broad SMARTS) is 1. The number of carboxylic acids is 1. The summed E-state index contributed by atoms with van der Waals surface area (Å²) in [4.78, 5) is 11.1. The van der Waals surface area contributed by atoms with Crippen molar-refractivity contribution in [1.29, 1.82) is 0 Å². The number of sulfonamides is 1. The van der Waals surface area contributed by atoms with Crippen molar-refractivity contribution in [3.05, 3.63) is 59.4 Å². The fourth-order valence-electron chi connectivity index (χ4n) is 1.89. The molecule has 2 rings (SSSR count). The van der Waals surface area contributed by atoms with Crippen molar-refractivity contribution >= 4 is 21.7 Å². The molecular weight excluding hydrogens is 309 g/mol. The maximum Gasteiger partial charge on any atom is 0.337 e. The summed E-state index contributed by atoms with van der Waals surface area (Å²) < 4.78 is 39.5. The van der Waals surface area contributed by atoms with Crippen LogP contribution in [0.25, 0.3) is 0 Å². The highest BCUT2D eigenvalue weighted by atomic mass is 32.2. The van der Waals surface area contributed by atoms with E-state index in [9.17, 15) is 22.7 Å². The van der Waals surface area contributed by atoms with Crippen LogP contribution in [0.15, 0.2) is 47.4 Å². The zero-order valence-corrected chi connectivity index (χ0v) is 12.5. The first-order valence-electron chi connectivity index (χ1n) is 6.48. The number of hydrogen-bond donors (Lipinski definition) is 2. The van der Waals surface area contributed by atoms with Gasteiger partial charge in [-0.1, -0.05) is 13.0 Å². The third-order valence-corrected chi connectivity index (χ3v) is 4.47. The van der Waals surface area contributed by atoms with E-state index in [1.54, 1.807) is 6.07 Å². The fourth-order valence-corrected chi connectivity index (χ4v) is 2.97. The van der Waals surface area contributed by atoms with Gasteiger partial charge in [0, 0.05) is 0 Å². The number of aryl methyl sites for hydroxylation is 1. The minimum absolute atomic E-state index is 0.0333. The lowest BCUT2D eigenvalue weighted by Gasteiger charge is -2.11. The molecule has 2 aromatic carbocycles. The quantitative estimate of drug-likeness (QED) is 0.886. The summed E-state index contributed by atoms with van der Waals surface area (Å²) in [6, 6.07) is 8.74. The Labute approximate surface area is 127 Å². The molecule has 0 atom stereocenters. The van der Waals surface area contributed by atoms with Gasteiger partial charge >= 0.3 is 5.97 Å². The van der Waals surface area contributed by atoms with E-state index < -0.39 is 21.8 Å². The van der Waals surface area contributed by atoms with Crippen molar-refractivity contribution in [2.75, 3.05) is 4.72 Å². The van der Waals surface area contributed by atoms with Gasteiger partial charge in [-0.2, -0.15) is 0 Å². The lowest BCUT2D eigenvalue weighted by atomic mass is 10.1. The molecule has 0 heterocycles. The van der Waals surface area contributed by atoms with Gasteiger partial charge in [-0.15, -0.1) is 0 Å². The molecule has 0 radical (unpaired) electrons. The predicted molar refractivity (Wildman–Crippen MR) is 80.0 cm³/mol. The number of nitrogens with one attached hydrogen (secondary N) is 1. The number of aromatic carboxylic acids is 1. The Morgan fingerprint density at radius 1 is 1.18 bits per heavy atom. The molecule has 0 fully saturated rings. The van der Waals surface area contributed by atoms with Crippen LogP contribution in [0.4, 0.5) is 10.1 Å². The first-order chi connectivity index (χ1) is 10.3. The van der Waals surface area contributed by atoms with Crippen LogP contribution in [0.5, 0.6) is 0 Å². The highest BCUT2D eigenvalue weighted by Crippen LogP contribution is 2.22. The molecule has 0 aliphatic heterocycles. The molecule has 0 aromatic heterocycles. The van der Waals surface area contributed by atoms with E-state index in [1.807, 2.05) is 6.92 Å². The van der Waals surface area contributed by atoms with Gasteiger partial charge in [0.25, 0.3) is 10.0 Å². The van der Waals surface area contributed by atoms with E-state index in [0.717, 1.165) is 29.8 Å². The van der Waals surface area contributed by atoms with Crippen molar-refractivity contribution in [2.24, 2.45) is 0 Å². The van der Waals surface area contributed by atoms with Crippen LogP contribution in [0, 0.1) is 5.82 Å². The van der Waals surface area contributed by atoms with Crippen molar-refractivity contribution in [3.8, 4) is 0 Å². The van der Waals surface area contributed by atoms with Crippen molar-refractivity contribution in [1.82, 2.24) is 0 Å². The minimum Gasteiger partial charge on any atom is -0.478 e. The summed E-state index contributed by atoms with van der Waals surface area (Å²) in [7, 11) is -3.99. The maximum atomic E-state index is 12.9. The molecule has 0 spiro atoms. The smallest absolute Gasteiger partial charge is 0.337 e. The number of halogens is 1. The van der Waals surface area contributed by atoms with E-state index in [4.69, 9.17) is 0 Å². The highest BCUT2D eigenvalue weighted by Gasteiger charge is 2.18. The van der Waals surface area contributed by atoms with Gasteiger partial charge in [0.05, 0.1) is 16.1 Å². The molecule has 0 amide bonds. The monoisotopic (exact) mass is 323 g/mol. The van der Waals surface area contributed by atoms with Crippen LogP contribution in [0.2, 0.25) is 0 Å². The second-order valence-electron chi connectivity index (χ2n) is 4.60. The molecule has 5 nitrogen and oxygen atoms in total. The first-order valence-corrected chi connectivity index (χ1v) is 7.96. The summed E-state index contributed by atoms with van der Waals surface area (Å²) in [5.41, 5.74) is 0.612. The Morgan fingerprint density at radius 2 is 1.82 bits per heavy atom. The average molecular weight is 323 g/mol. The number of anilines is 1. The van der Waals surface area contributed by atoms with Crippen LogP contribution in [0.1, 0.15) is 22.8 Å². The van der Waals surface area contributed by atoms with Gasteiger partial charge < -0.3 is 5.11 Å². The van der Waals surface area contributed by atoms with Crippen molar-refractivity contribution < 1.29 is 22.7 Å². The molecule has 22 heavy (non-hydrogen) atoms. The van der Waals surface area contributed by atoms with Gasteiger partial charge in [-0.25, -0.2) is 17.6 Å². The maximum absolute atomic E-state index is 12.9. The third-order valence-electron chi connectivity index (χ3n) is 3.09.